The van der Waals surface area contributed by atoms with E-state index in [2.05, 4.69) is 10.6 Å². The highest BCUT2D eigenvalue weighted by molar-refractivity contribution is 6.35. The summed E-state index contributed by atoms with van der Waals surface area (Å²) in [6.07, 6.45) is 0.615. The minimum Gasteiger partial charge on any atom is -0.480 e. The molecule has 8 heteroatoms. The third-order valence-corrected chi connectivity index (χ3v) is 3.44. The first-order valence-electron chi connectivity index (χ1n) is 7.15. The Hall–Kier alpha value is -1.34. The largest absolute Gasteiger partial charge is 0.480 e. The Morgan fingerprint density at radius 2 is 1.83 bits per heavy atom. The number of nitrogens with zero attached hydrogens (tertiary/aromatic N) is 1. The quantitative estimate of drug-likeness (QED) is 0.588. The second-order valence-corrected chi connectivity index (χ2v) is 6.29. The third-order valence-electron chi connectivity index (χ3n) is 3.01. The molecule has 3 N–H and O–H groups in total. The maximum absolute atomic E-state index is 12.0. The molecule has 1 atom stereocenters. The van der Waals surface area contributed by atoms with Crippen LogP contribution in [0.5, 0.6) is 0 Å². The Balaban J connectivity index is 2.52. The average molecular weight is 362 g/mol. The van der Waals surface area contributed by atoms with Gasteiger partial charge in [-0.2, -0.15) is 0 Å². The number of hydrogen-bond acceptors (Lipinski definition) is 4. The fraction of sp³-hybridized carbons (Fsp3) is 0.467. The van der Waals surface area contributed by atoms with Crippen molar-refractivity contribution < 1.29 is 14.7 Å². The molecule has 0 bridgehead atoms. The summed E-state index contributed by atoms with van der Waals surface area (Å²) in [6, 6.07) is 3.70. The number of carboxylic acids is 1. The van der Waals surface area contributed by atoms with Gasteiger partial charge >= 0.3 is 5.97 Å². The first-order valence-corrected chi connectivity index (χ1v) is 7.90. The monoisotopic (exact) mass is 361 g/mol. The molecular formula is C15H21Cl2N3O3. The van der Waals surface area contributed by atoms with Crippen LogP contribution >= 0.6 is 23.2 Å². The second-order valence-electron chi connectivity index (χ2n) is 5.41. The molecule has 0 heterocycles. The molecule has 0 aliphatic rings. The van der Waals surface area contributed by atoms with Gasteiger partial charge in [-0.05, 0) is 51.8 Å². The summed E-state index contributed by atoms with van der Waals surface area (Å²) in [5, 5.41) is 15.4. The van der Waals surface area contributed by atoms with Gasteiger partial charge in [0.2, 0.25) is 5.91 Å². The molecule has 0 saturated carbocycles. The topological polar surface area (TPSA) is 81.7 Å². The molecule has 1 rings (SSSR count). The van der Waals surface area contributed by atoms with Crippen LogP contribution < -0.4 is 10.6 Å². The third kappa shape index (κ3) is 8.18. The van der Waals surface area contributed by atoms with Crippen LogP contribution in [0.15, 0.2) is 18.2 Å². The zero-order valence-electron chi connectivity index (χ0n) is 13.1. The van der Waals surface area contributed by atoms with E-state index in [1.165, 1.54) is 0 Å². The number of anilines is 1. The van der Waals surface area contributed by atoms with E-state index in [0.29, 0.717) is 22.3 Å². The molecule has 1 aromatic rings. The molecule has 0 spiro atoms. The molecule has 0 aromatic heterocycles. The summed E-state index contributed by atoms with van der Waals surface area (Å²) in [6.45, 7) is 1.36. The van der Waals surface area contributed by atoms with Crippen molar-refractivity contribution in [1.29, 1.82) is 0 Å². The Bertz CT molecular complexity index is 533. The van der Waals surface area contributed by atoms with Crippen molar-refractivity contribution in [2.75, 3.05) is 32.5 Å². The maximum Gasteiger partial charge on any atom is 0.321 e. The number of nitrogens with one attached hydrogen (secondary N) is 2. The van der Waals surface area contributed by atoms with Crippen molar-refractivity contribution in [1.82, 2.24) is 10.2 Å². The lowest BCUT2D eigenvalue weighted by Gasteiger charge is -2.15. The number of halogens is 2. The van der Waals surface area contributed by atoms with Crippen LogP contribution in [0.2, 0.25) is 10.0 Å². The molecule has 23 heavy (non-hydrogen) atoms. The molecule has 6 nitrogen and oxygen atoms in total. The van der Waals surface area contributed by atoms with E-state index in [1.807, 2.05) is 19.0 Å². The van der Waals surface area contributed by atoms with E-state index in [0.717, 1.165) is 13.0 Å². The van der Waals surface area contributed by atoms with Crippen molar-refractivity contribution in [2.24, 2.45) is 0 Å². The minimum atomic E-state index is -1.06. The van der Waals surface area contributed by atoms with Gasteiger partial charge in [-0.3, -0.25) is 9.59 Å². The van der Waals surface area contributed by atoms with Crippen molar-refractivity contribution in [3.63, 3.8) is 0 Å². The van der Waals surface area contributed by atoms with Gasteiger partial charge in [0.1, 0.15) is 6.04 Å². The Labute approximate surface area is 145 Å². The molecule has 1 aromatic carbocycles. The number of rotatable bonds is 9. The lowest BCUT2D eigenvalue weighted by Crippen LogP contribution is -2.40. The summed E-state index contributed by atoms with van der Waals surface area (Å²) in [4.78, 5) is 25.2. The predicted molar refractivity (Wildman–Crippen MR) is 92.3 cm³/mol. The first kappa shape index (κ1) is 19.7. The van der Waals surface area contributed by atoms with Crippen LogP contribution in [0.1, 0.15) is 12.8 Å². The molecule has 0 fully saturated rings. The van der Waals surface area contributed by atoms with Crippen LogP contribution in [0, 0.1) is 0 Å². The van der Waals surface area contributed by atoms with Crippen LogP contribution in [0.3, 0.4) is 0 Å². The van der Waals surface area contributed by atoms with Crippen molar-refractivity contribution in [2.45, 2.75) is 18.9 Å². The lowest BCUT2D eigenvalue weighted by molar-refractivity contribution is -0.141. The van der Waals surface area contributed by atoms with Gasteiger partial charge in [-0.15, -0.1) is 0 Å². The summed E-state index contributed by atoms with van der Waals surface area (Å²) >= 11 is 11.7. The number of benzene rings is 1. The molecule has 0 saturated heterocycles. The van der Waals surface area contributed by atoms with Crippen molar-refractivity contribution in [3.05, 3.63) is 28.2 Å². The average Bonchev–Trinajstić information content (AvgIpc) is 2.40. The van der Waals surface area contributed by atoms with Crippen LogP contribution in [0.25, 0.3) is 0 Å². The van der Waals surface area contributed by atoms with Gasteiger partial charge in [0.15, 0.2) is 0 Å². The lowest BCUT2D eigenvalue weighted by atomic mass is 10.2. The molecular weight excluding hydrogens is 341 g/mol. The van der Waals surface area contributed by atoms with E-state index in [4.69, 9.17) is 23.2 Å². The van der Waals surface area contributed by atoms with Gasteiger partial charge in [0.05, 0.1) is 6.42 Å². The van der Waals surface area contributed by atoms with Gasteiger partial charge in [0.25, 0.3) is 0 Å². The number of aliphatic carboxylic acids is 1. The SMILES string of the molecule is CN(C)CCCN[C@@H](CC(=O)Nc1cc(Cl)cc(Cl)c1)C(=O)O. The van der Waals surface area contributed by atoms with Crippen LogP contribution in [-0.2, 0) is 9.59 Å². The normalized spacial score (nSPS) is 12.2. The zero-order valence-corrected chi connectivity index (χ0v) is 14.6. The van der Waals surface area contributed by atoms with E-state index >= 15 is 0 Å². The molecule has 0 aliphatic carbocycles. The van der Waals surface area contributed by atoms with Gasteiger partial charge in [0, 0.05) is 15.7 Å². The van der Waals surface area contributed by atoms with E-state index in [9.17, 15) is 14.7 Å². The van der Waals surface area contributed by atoms with Crippen molar-refractivity contribution in [3.8, 4) is 0 Å². The van der Waals surface area contributed by atoms with E-state index < -0.39 is 17.9 Å². The highest BCUT2D eigenvalue weighted by Crippen LogP contribution is 2.22. The predicted octanol–water partition coefficient (Wildman–Crippen LogP) is 2.32. The van der Waals surface area contributed by atoms with E-state index in [1.54, 1.807) is 18.2 Å². The number of amides is 1. The van der Waals surface area contributed by atoms with Crippen LogP contribution in [0.4, 0.5) is 5.69 Å². The Morgan fingerprint density at radius 3 is 2.35 bits per heavy atom. The summed E-state index contributed by atoms with van der Waals surface area (Å²) in [5.41, 5.74) is 0.434. The molecule has 0 unspecified atom stereocenters. The molecule has 0 radical (unpaired) electrons. The Morgan fingerprint density at radius 1 is 1.22 bits per heavy atom. The summed E-state index contributed by atoms with van der Waals surface area (Å²) in [5.74, 6) is -1.48. The fourth-order valence-electron chi connectivity index (χ4n) is 1.94. The fourth-order valence-corrected chi connectivity index (χ4v) is 2.47. The van der Waals surface area contributed by atoms with Gasteiger partial charge in [-0.1, -0.05) is 23.2 Å². The zero-order chi connectivity index (χ0) is 17.4. The molecule has 128 valence electrons. The minimum absolute atomic E-state index is 0.179. The smallest absolute Gasteiger partial charge is 0.321 e. The summed E-state index contributed by atoms with van der Waals surface area (Å²) < 4.78 is 0. The summed E-state index contributed by atoms with van der Waals surface area (Å²) in [7, 11) is 3.89. The van der Waals surface area contributed by atoms with Gasteiger partial charge < -0.3 is 20.6 Å². The van der Waals surface area contributed by atoms with E-state index in [-0.39, 0.29) is 6.42 Å². The number of carboxylic acid groups (broad SMARTS) is 1. The van der Waals surface area contributed by atoms with Gasteiger partial charge in [-0.25, -0.2) is 0 Å². The number of hydrogen-bond donors (Lipinski definition) is 3. The van der Waals surface area contributed by atoms with Crippen LogP contribution in [-0.4, -0.2) is 55.1 Å². The Kier molecular flexibility index (Phi) is 8.33. The highest BCUT2D eigenvalue weighted by atomic mass is 35.5. The standard InChI is InChI=1S/C15H21Cl2N3O3/c1-20(2)5-3-4-18-13(15(22)23)9-14(21)19-12-7-10(16)6-11(17)8-12/h6-8,13,18H,3-5,9H2,1-2H3,(H,19,21)(H,22,23)/t13-/m0/s1. The number of carbonyl (C=O) groups is 2. The van der Waals surface area contributed by atoms with Crippen molar-refractivity contribution >= 4 is 40.8 Å². The highest BCUT2D eigenvalue weighted by Gasteiger charge is 2.20. The molecule has 1 amide bonds. The first-order chi connectivity index (χ1) is 10.8. The molecule has 0 aliphatic heterocycles. The second kappa shape index (κ2) is 9.72. The number of carbonyl (C=O) groups excluding carboxylic acids is 1. The maximum atomic E-state index is 12.0.